The van der Waals surface area contributed by atoms with Crippen molar-refractivity contribution in [3.63, 3.8) is 0 Å². The molecule has 0 aliphatic carbocycles. The van der Waals surface area contributed by atoms with E-state index in [0.29, 0.717) is 6.54 Å². The molecule has 0 fully saturated rings. The maximum atomic E-state index is 5.50. The number of guanidine groups is 1. The Morgan fingerprint density at radius 3 is 2.71 bits per heavy atom. The molecule has 0 aliphatic rings. The van der Waals surface area contributed by atoms with E-state index in [4.69, 9.17) is 9.47 Å². The summed E-state index contributed by atoms with van der Waals surface area (Å²) < 4.78 is 10.9. The molecule has 0 amide bonds. The number of ether oxygens (including phenoxy) is 2. The Morgan fingerprint density at radius 2 is 1.97 bits per heavy atom. The molecule has 0 unspecified atom stereocenters. The third-order valence-corrected chi connectivity index (χ3v) is 5.40. The topological polar surface area (TPSA) is 112 Å². The number of aromatic nitrogens is 4. The monoisotopic (exact) mass is 575 g/mol. The molecule has 4 aromatic rings. The second-order valence-electron chi connectivity index (χ2n) is 7.58. The van der Waals surface area contributed by atoms with Crippen molar-refractivity contribution in [3.05, 3.63) is 60.0 Å². The number of halogens is 1. The van der Waals surface area contributed by atoms with Crippen molar-refractivity contribution in [2.75, 3.05) is 27.8 Å². The van der Waals surface area contributed by atoms with Crippen LogP contribution in [0.15, 0.2) is 53.8 Å². The van der Waals surface area contributed by atoms with Gasteiger partial charge in [0.1, 0.15) is 17.8 Å². The lowest BCUT2D eigenvalue weighted by Crippen LogP contribution is -2.37. The summed E-state index contributed by atoms with van der Waals surface area (Å²) >= 11 is 0. The van der Waals surface area contributed by atoms with Crippen LogP contribution in [0.25, 0.3) is 22.3 Å². The zero-order valence-electron chi connectivity index (χ0n) is 19.5. The molecular formula is C24H30IN7O2. The third-order valence-electron chi connectivity index (χ3n) is 5.40. The summed E-state index contributed by atoms with van der Waals surface area (Å²) in [5.74, 6) is 3.10. The lowest BCUT2D eigenvalue weighted by atomic mass is 10.1. The number of rotatable bonds is 9. The van der Waals surface area contributed by atoms with E-state index in [1.165, 1.54) is 6.33 Å². The number of nitrogens with zero attached hydrogens (tertiary/aromatic N) is 3. The molecular weight excluding hydrogens is 545 g/mol. The Balaban J connectivity index is 0.00000324. The number of benzene rings is 2. The minimum atomic E-state index is 0. The fraction of sp³-hybridized carbons (Fsp3) is 0.292. The molecule has 4 rings (SSSR count). The van der Waals surface area contributed by atoms with Crippen molar-refractivity contribution >= 4 is 40.8 Å². The number of aromatic amines is 2. The van der Waals surface area contributed by atoms with E-state index in [0.717, 1.165) is 70.4 Å². The number of hydrogen-bond donors (Lipinski definition) is 4. The van der Waals surface area contributed by atoms with Gasteiger partial charge in [-0.25, -0.2) is 4.98 Å². The fourth-order valence-corrected chi connectivity index (χ4v) is 3.72. The summed E-state index contributed by atoms with van der Waals surface area (Å²) in [7, 11) is 5.11. The number of hydrogen-bond acceptors (Lipinski definition) is 5. The fourth-order valence-electron chi connectivity index (χ4n) is 3.72. The zero-order valence-corrected chi connectivity index (χ0v) is 21.8. The molecule has 180 valence electrons. The molecule has 0 saturated heterocycles. The number of aryl methyl sites for hydroxylation is 1. The van der Waals surface area contributed by atoms with Gasteiger partial charge in [0.05, 0.1) is 19.7 Å². The normalized spacial score (nSPS) is 11.2. The lowest BCUT2D eigenvalue weighted by Gasteiger charge is -2.12. The number of nitrogens with one attached hydrogen (secondary N) is 4. The Bertz CT molecular complexity index is 1220. The highest BCUT2D eigenvalue weighted by Gasteiger charge is 2.09. The molecule has 0 radical (unpaired) electrons. The second-order valence-corrected chi connectivity index (χ2v) is 7.58. The van der Waals surface area contributed by atoms with Gasteiger partial charge in [-0.1, -0.05) is 18.2 Å². The molecule has 0 bridgehead atoms. The Labute approximate surface area is 215 Å². The largest absolute Gasteiger partial charge is 0.497 e. The van der Waals surface area contributed by atoms with Crippen LogP contribution in [0.3, 0.4) is 0 Å². The SMILES string of the molecule is CN=C(NCCCc1cc2c(OC)cc(OC)cc2[nH]1)NCc1cccc(-c2ncn[nH]2)c1.I. The average molecular weight is 575 g/mol. The lowest BCUT2D eigenvalue weighted by molar-refractivity contribution is 0.398. The molecule has 4 N–H and O–H groups in total. The van der Waals surface area contributed by atoms with Crippen molar-refractivity contribution in [3.8, 4) is 22.9 Å². The predicted molar refractivity (Wildman–Crippen MR) is 145 cm³/mol. The van der Waals surface area contributed by atoms with E-state index in [-0.39, 0.29) is 24.0 Å². The van der Waals surface area contributed by atoms with E-state index in [2.05, 4.69) is 54.0 Å². The first-order valence-electron chi connectivity index (χ1n) is 10.8. The summed E-state index contributed by atoms with van der Waals surface area (Å²) in [5, 5.41) is 14.6. The van der Waals surface area contributed by atoms with Crippen LogP contribution in [-0.2, 0) is 13.0 Å². The summed E-state index contributed by atoms with van der Waals surface area (Å²) in [5.41, 5.74) is 4.31. The van der Waals surface area contributed by atoms with Gasteiger partial charge in [-0.05, 0) is 30.5 Å². The van der Waals surface area contributed by atoms with E-state index < -0.39 is 0 Å². The van der Waals surface area contributed by atoms with Gasteiger partial charge in [0.15, 0.2) is 11.8 Å². The molecule has 2 heterocycles. The van der Waals surface area contributed by atoms with Crippen LogP contribution in [0.1, 0.15) is 17.7 Å². The molecule has 0 atom stereocenters. The van der Waals surface area contributed by atoms with Gasteiger partial charge in [0.25, 0.3) is 0 Å². The maximum absolute atomic E-state index is 5.50. The Kier molecular flexibility index (Phi) is 9.14. The summed E-state index contributed by atoms with van der Waals surface area (Å²) in [6.45, 7) is 1.46. The molecule has 0 aliphatic heterocycles. The standard InChI is InChI=1S/C24H29N7O2.HI/c1-25-24(27-14-16-6-4-7-17(10-16)23-28-15-29-31-23)26-9-5-8-18-11-20-21(30-18)12-19(32-2)13-22(20)33-3;/h4,6-7,10-13,15,30H,5,8-9,14H2,1-3H3,(H2,25,26,27)(H,28,29,31);1H. The van der Waals surface area contributed by atoms with E-state index >= 15 is 0 Å². The summed E-state index contributed by atoms with van der Waals surface area (Å²) in [4.78, 5) is 12.0. The van der Waals surface area contributed by atoms with Crippen molar-refractivity contribution in [2.45, 2.75) is 19.4 Å². The van der Waals surface area contributed by atoms with Gasteiger partial charge < -0.3 is 25.1 Å². The number of fused-ring (bicyclic) bond motifs is 1. The molecule has 9 nitrogen and oxygen atoms in total. The van der Waals surface area contributed by atoms with Gasteiger partial charge in [-0.15, -0.1) is 24.0 Å². The van der Waals surface area contributed by atoms with Crippen LogP contribution >= 0.6 is 24.0 Å². The highest BCUT2D eigenvalue weighted by atomic mass is 127. The van der Waals surface area contributed by atoms with Crippen LogP contribution in [0.4, 0.5) is 0 Å². The van der Waals surface area contributed by atoms with E-state index in [1.54, 1.807) is 21.3 Å². The highest BCUT2D eigenvalue weighted by Crippen LogP contribution is 2.31. The minimum absolute atomic E-state index is 0. The summed E-state index contributed by atoms with van der Waals surface area (Å²) in [6, 6.07) is 14.2. The molecule has 10 heteroatoms. The average Bonchev–Trinajstić information content (AvgIpc) is 3.53. The van der Waals surface area contributed by atoms with Gasteiger partial charge in [0, 0.05) is 48.9 Å². The quantitative estimate of drug-likeness (QED) is 0.104. The van der Waals surface area contributed by atoms with E-state index in [1.807, 2.05) is 24.3 Å². The highest BCUT2D eigenvalue weighted by molar-refractivity contribution is 14.0. The van der Waals surface area contributed by atoms with Crippen molar-refractivity contribution in [1.29, 1.82) is 0 Å². The maximum Gasteiger partial charge on any atom is 0.191 e. The first-order chi connectivity index (χ1) is 16.2. The minimum Gasteiger partial charge on any atom is -0.497 e. The molecule has 34 heavy (non-hydrogen) atoms. The third kappa shape index (κ3) is 6.19. The molecule has 0 spiro atoms. The predicted octanol–water partition coefficient (Wildman–Crippen LogP) is 3.89. The number of aliphatic imine (C=N–C) groups is 1. The van der Waals surface area contributed by atoms with Gasteiger partial charge in [-0.3, -0.25) is 10.1 Å². The molecule has 2 aromatic carbocycles. The van der Waals surface area contributed by atoms with Gasteiger partial charge in [0.2, 0.25) is 0 Å². The van der Waals surface area contributed by atoms with Crippen LogP contribution in [0.5, 0.6) is 11.5 Å². The van der Waals surface area contributed by atoms with Crippen LogP contribution in [0.2, 0.25) is 0 Å². The smallest absolute Gasteiger partial charge is 0.191 e. The van der Waals surface area contributed by atoms with Crippen molar-refractivity contribution < 1.29 is 9.47 Å². The Hall–Kier alpha value is -3.28. The van der Waals surface area contributed by atoms with Crippen LogP contribution in [0, 0.1) is 0 Å². The Morgan fingerprint density at radius 1 is 1.09 bits per heavy atom. The number of H-pyrrole nitrogens is 2. The molecule has 2 aromatic heterocycles. The van der Waals surface area contributed by atoms with Gasteiger partial charge in [-0.2, -0.15) is 5.10 Å². The summed E-state index contributed by atoms with van der Waals surface area (Å²) in [6.07, 6.45) is 3.37. The first kappa shape index (κ1) is 25.3. The van der Waals surface area contributed by atoms with Crippen molar-refractivity contribution in [1.82, 2.24) is 30.8 Å². The van der Waals surface area contributed by atoms with Crippen LogP contribution < -0.4 is 20.1 Å². The van der Waals surface area contributed by atoms with Crippen molar-refractivity contribution in [2.24, 2.45) is 4.99 Å². The molecule has 0 saturated carbocycles. The zero-order chi connectivity index (χ0) is 23.0. The second kappa shape index (κ2) is 12.3. The van der Waals surface area contributed by atoms with Gasteiger partial charge >= 0.3 is 0 Å². The number of methoxy groups -OCH3 is 2. The van der Waals surface area contributed by atoms with Crippen LogP contribution in [-0.4, -0.2) is 53.9 Å². The van der Waals surface area contributed by atoms with E-state index in [9.17, 15) is 0 Å². The first-order valence-corrected chi connectivity index (χ1v) is 10.8.